The van der Waals surface area contributed by atoms with E-state index in [2.05, 4.69) is 31.2 Å². The van der Waals surface area contributed by atoms with Crippen LogP contribution in [-0.2, 0) is 9.53 Å². The molecule has 1 aromatic carbocycles. The normalized spacial score (nSPS) is 29.0. The van der Waals surface area contributed by atoms with Crippen LogP contribution in [0.3, 0.4) is 0 Å². The third-order valence-electron chi connectivity index (χ3n) is 4.32. The molecule has 1 saturated heterocycles. The van der Waals surface area contributed by atoms with Gasteiger partial charge >= 0.3 is 5.97 Å². The molecule has 0 radical (unpaired) electrons. The molecule has 21 heavy (non-hydrogen) atoms. The third-order valence-corrected chi connectivity index (χ3v) is 4.32. The van der Waals surface area contributed by atoms with E-state index in [1.165, 1.54) is 5.56 Å². The summed E-state index contributed by atoms with van der Waals surface area (Å²) in [5, 5.41) is 3.59. The Kier molecular flexibility index (Phi) is 5.46. The van der Waals surface area contributed by atoms with Gasteiger partial charge in [-0.2, -0.15) is 0 Å². The zero-order valence-corrected chi connectivity index (χ0v) is 13.4. The Balaban J connectivity index is 2.23. The zero-order valence-electron chi connectivity index (χ0n) is 13.4. The van der Waals surface area contributed by atoms with E-state index in [0.717, 1.165) is 32.9 Å². The van der Waals surface area contributed by atoms with Gasteiger partial charge in [0.15, 0.2) is 0 Å². The molecule has 1 aliphatic heterocycles. The van der Waals surface area contributed by atoms with Crippen molar-refractivity contribution in [1.29, 1.82) is 0 Å². The minimum absolute atomic E-state index is 0.0698. The number of carbonyl (C=O) groups is 1. The molecule has 0 saturated carbocycles. The molecule has 3 atom stereocenters. The fourth-order valence-electron chi connectivity index (χ4n) is 3.00. The van der Waals surface area contributed by atoms with Crippen LogP contribution in [0.15, 0.2) is 30.3 Å². The van der Waals surface area contributed by atoms with Crippen molar-refractivity contribution < 1.29 is 9.53 Å². The van der Waals surface area contributed by atoms with E-state index in [9.17, 15) is 4.79 Å². The van der Waals surface area contributed by atoms with Gasteiger partial charge in [-0.05, 0) is 25.2 Å². The number of carbonyl (C=O) groups excluding carboxylic acids is 1. The highest BCUT2D eigenvalue weighted by Gasteiger charge is 2.45. The van der Waals surface area contributed by atoms with E-state index >= 15 is 0 Å². The number of rotatable bonds is 6. The Morgan fingerprint density at radius 1 is 1.33 bits per heavy atom. The van der Waals surface area contributed by atoms with Gasteiger partial charge in [0.2, 0.25) is 0 Å². The molecule has 0 bridgehead atoms. The van der Waals surface area contributed by atoms with E-state index in [1.807, 2.05) is 25.1 Å². The minimum atomic E-state index is -0.569. The molecule has 0 aliphatic carbocycles. The molecule has 1 aliphatic rings. The number of ether oxygens (including phenoxy) is 1. The minimum Gasteiger partial charge on any atom is -0.460 e. The largest absolute Gasteiger partial charge is 0.460 e. The van der Waals surface area contributed by atoms with Crippen LogP contribution in [0, 0.1) is 0 Å². The number of hydrogen-bond acceptors (Lipinski definition) is 3. The maximum Gasteiger partial charge on any atom is 0.326 e. The van der Waals surface area contributed by atoms with Crippen molar-refractivity contribution >= 4 is 13.2 Å². The van der Waals surface area contributed by atoms with Crippen molar-refractivity contribution in [2.45, 2.75) is 63.9 Å². The maximum atomic E-state index is 12.4. The quantitative estimate of drug-likeness (QED) is 0.645. The highest BCUT2D eigenvalue weighted by atomic mass is 16.6. The lowest BCUT2D eigenvalue weighted by molar-refractivity contribution is -0.166. The molecular weight excluding hydrogens is 261 g/mol. The second-order valence-electron chi connectivity index (χ2n) is 6.20. The van der Waals surface area contributed by atoms with Crippen LogP contribution in [0.1, 0.15) is 44.7 Å². The Hall–Kier alpha value is -1.29. The van der Waals surface area contributed by atoms with Gasteiger partial charge in [0.1, 0.15) is 18.9 Å². The smallest absolute Gasteiger partial charge is 0.326 e. The first-order valence-electron chi connectivity index (χ1n) is 8.14. The summed E-state index contributed by atoms with van der Waals surface area (Å²) in [7, 11) is 1.01. The van der Waals surface area contributed by atoms with Crippen LogP contribution in [0.4, 0.5) is 0 Å². The first-order valence-corrected chi connectivity index (χ1v) is 8.14. The van der Waals surface area contributed by atoms with E-state index in [4.69, 9.17) is 4.74 Å². The molecule has 114 valence electrons. The highest BCUT2D eigenvalue weighted by Crippen LogP contribution is 2.32. The van der Waals surface area contributed by atoms with Gasteiger partial charge in [-0.3, -0.25) is 10.1 Å². The van der Waals surface area contributed by atoms with Gasteiger partial charge in [-0.15, -0.1) is 0 Å². The molecule has 1 unspecified atom stereocenters. The van der Waals surface area contributed by atoms with Crippen LogP contribution in [0.25, 0.3) is 0 Å². The number of hydrogen-bond donors (Lipinski definition) is 1. The van der Waals surface area contributed by atoms with Crippen molar-refractivity contribution in [3.63, 3.8) is 0 Å². The van der Waals surface area contributed by atoms with Crippen molar-refractivity contribution in [2.75, 3.05) is 0 Å². The summed E-state index contributed by atoms with van der Waals surface area (Å²) < 4.78 is 5.81. The van der Waals surface area contributed by atoms with Crippen molar-refractivity contribution in [1.82, 2.24) is 5.32 Å². The van der Waals surface area contributed by atoms with Crippen LogP contribution in [0.5, 0.6) is 0 Å². The average Bonchev–Trinajstić information content (AvgIpc) is 2.50. The van der Waals surface area contributed by atoms with Gasteiger partial charge in [0.25, 0.3) is 0 Å². The number of benzene rings is 1. The zero-order chi connectivity index (χ0) is 15.3. The first-order chi connectivity index (χ1) is 10.1. The van der Waals surface area contributed by atoms with Gasteiger partial charge in [0.05, 0.1) is 6.04 Å². The van der Waals surface area contributed by atoms with Crippen molar-refractivity contribution in [2.24, 2.45) is 0 Å². The summed E-state index contributed by atoms with van der Waals surface area (Å²) in [4.78, 5) is 12.4. The molecule has 0 spiro atoms. The topological polar surface area (TPSA) is 38.3 Å². The molecule has 1 aromatic rings. The number of esters is 1. The Bertz CT molecular complexity index is 465. The lowest BCUT2D eigenvalue weighted by Gasteiger charge is -2.43. The molecule has 3 nitrogen and oxygen atoms in total. The first kappa shape index (κ1) is 16.1. The molecule has 0 aromatic heterocycles. The standard InChI is InChI=1S/C17H26BNO2/c1-4-5-11-17(2)16(20)21-14(12-18-3)15(19-17)13-9-7-6-8-10-13/h6-10,14-15,18-19H,4-5,11-12H2,1-3H3/t14?,15-,17-/m1/s1. The summed E-state index contributed by atoms with van der Waals surface area (Å²) >= 11 is 0. The number of nitrogens with one attached hydrogen (secondary N) is 1. The number of morpholine rings is 1. The molecule has 0 amide bonds. The number of cyclic esters (lactones) is 1. The Labute approximate surface area is 128 Å². The maximum absolute atomic E-state index is 12.4. The van der Waals surface area contributed by atoms with Crippen molar-refractivity contribution in [3.05, 3.63) is 35.9 Å². The van der Waals surface area contributed by atoms with Gasteiger partial charge in [-0.25, -0.2) is 0 Å². The second-order valence-corrected chi connectivity index (χ2v) is 6.20. The summed E-state index contributed by atoms with van der Waals surface area (Å²) in [6.07, 6.45) is 3.75. The third kappa shape index (κ3) is 3.68. The van der Waals surface area contributed by atoms with Crippen LogP contribution in [-0.4, -0.2) is 24.9 Å². The Morgan fingerprint density at radius 3 is 2.67 bits per heavy atom. The lowest BCUT2D eigenvalue weighted by Crippen LogP contribution is -2.60. The van der Waals surface area contributed by atoms with E-state index in [0.29, 0.717) is 0 Å². The fraction of sp³-hybridized carbons (Fsp3) is 0.588. The molecular formula is C17H26BNO2. The van der Waals surface area contributed by atoms with Crippen LogP contribution in [0.2, 0.25) is 13.1 Å². The lowest BCUT2D eigenvalue weighted by atomic mass is 9.72. The summed E-state index contributed by atoms with van der Waals surface area (Å²) in [5.41, 5.74) is 0.631. The molecule has 1 fully saturated rings. The van der Waals surface area contributed by atoms with Crippen LogP contribution < -0.4 is 5.32 Å². The van der Waals surface area contributed by atoms with Gasteiger partial charge in [-0.1, -0.05) is 56.9 Å². The average molecular weight is 287 g/mol. The second kappa shape index (κ2) is 7.12. The van der Waals surface area contributed by atoms with Crippen molar-refractivity contribution in [3.8, 4) is 0 Å². The molecule has 1 N–H and O–H groups in total. The van der Waals surface area contributed by atoms with Gasteiger partial charge in [0, 0.05) is 0 Å². The molecule has 1 heterocycles. The van der Waals surface area contributed by atoms with Gasteiger partial charge < -0.3 is 4.74 Å². The predicted octanol–water partition coefficient (Wildman–Crippen LogP) is 3.09. The molecule has 2 rings (SSSR count). The summed E-state index contributed by atoms with van der Waals surface area (Å²) in [5.74, 6) is -0.0958. The highest BCUT2D eigenvalue weighted by molar-refractivity contribution is 6.33. The molecule has 4 heteroatoms. The Morgan fingerprint density at radius 2 is 2.05 bits per heavy atom. The summed E-state index contributed by atoms with van der Waals surface area (Å²) in [6, 6.07) is 10.4. The monoisotopic (exact) mass is 287 g/mol. The fourth-order valence-corrected chi connectivity index (χ4v) is 3.00. The van der Waals surface area contributed by atoms with Crippen LogP contribution >= 0.6 is 0 Å². The summed E-state index contributed by atoms with van der Waals surface area (Å²) in [6.45, 7) is 6.25. The van der Waals surface area contributed by atoms with E-state index in [-0.39, 0.29) is 18.1 Å². The SMILES string of the molecule is CBCC1OC(=O)[C@@](C)(CCCC)N[C@@H]1c1ccccc1. The van der Waals surface area contributed by atoms with E-state index < -0.39 is 5.54 Å². The predicted molar refractivity (Wildman–Crippen MR) is 87.9 cm³/mol. The van der Waals surface area contributed by atoms with E-state index in [1.54, 1.807) is 0 Å². The number of unbranched alkanes of at least 4 members (excludes halogenated alkanes) is 1.